The van der Waals surface area contributed by atoms with Crippen LogP contribution in [0.5, 0.6) is 0 Å². The monoisotopic (exact) mass is 275 g/mol. The molecule has 4 nitrogen and oxygen atoms in total. The number of carbonyl (C=O) groups excluding carboxylic acids is 1. The quantitative estimate of drug-likeness (QED) is 0.906. The summed E-state index contributed by atoms with van der Waals surface area (Å²) < 4.78 is 0. The third kappa shape index (κ3) is 3.51. The zero-order chi connectivity index (χ0) is 14.5. The molecule has 2 rings (SSSR count). The Hall–Kier alpha value is -1.55. The van der Waals surface area contributed by atoms with Crippen molar-refractivity contribution in [3.63, 3.8) is 0 Å². The molecule has 1 aromatic rings. The molecule has 1 amide bonds. The van der Waals surface area contributed by atoms with Gasteiger partial charge in [0.15, 0.2) is 0 Å². The first-order chi connectivity index (χ1) is 9.61. The summed E-state index contributed by atoms with van der Waals surface area (Å²) in [5.74, 6) is 0.132. The minimum atomic E-state index is 0.132. The van der Waals surface area contributed by atoms with Crippen LogP contribution in [0.2, 0.25) is 0 Å². The molecule has 0 aliphatic carbocycles. The number of nitrogens with zero attached hydrogens (tertiary/aromatic N) is 2. The third-order valence-corrected chi connectivity index (χ3v) is 4.03. The third-order valence-electron chi connectivity index (χ3n) is 4.03. The number of nitrogens with one attached hydrogen (secondary N) is 1. The van der Waals surface area contributed by atoms with E-state index in [2.05, 4.69) is 47.2 Å². The smallest absolute Gasteiger partial charge is 0.234 e. The SMILES string of the molecule is CCNC(=O)CN1CCN(c2cccc(C)c2C)CC1. The molecular weight excluding hydrogens is 250 g/mol. The molecule has 1 saturated heterocycles. The van der Waals surface area contributed by atoms with Gasteiger partial charge in [-0.1, -0.05) is 12.1 Å². The topological polar surface area (TPSA) is 35.6 Å². The number of carbonyl (C=O) groups is 1. The Morgan fingerprint density at radius 1 is 1.20 bits per heavy atom. The summed E-state index contributed by atoms with van der Waals surface area (Å²) in [6, 6.07) is 6.48. The molecule has 110 valence electrons. The molecule has 0 bridgehead atoms. The van der Waals surface area contributed by atoms with E-state index >= 15 is 0 Å². The van der Waals surface area contributed by atoms with E-state index in [0.29, 0.717) is 13.1 Å². The van der Waals surface area contributed by atoms with E-state index in [4.69, 9.17) is 0 Å². The van der Waals surface area contributed by atoms with Crippen molar-refractivity contribution in [3.8, 4) is 0 Å². The summed E-state index contributed by atoms with van der Waals surface area (Å²) in [5, 5.41) is 2.86. The number of rotatable bonds is 4. The fourth-order valence-electron chi connectivity index (χ4n) is 2.68. The van der Waals surface area contributed by atoms with Gasteiger partial charge in [-0.3, -0.25) is 9.69 Å². The van der Waals surface area contributed by atoms with Crippen LogP contribution in [0.15, 0.2) is 18.2 Å². The van der Waals surface area contributed by atoms with Crippen molar-refractivity contribution in [1.29, 1.82) is 0 Å². The molecule has 0 radical (unpaired) electrons. The van der Waals surface area contributed by atoms with Crippen LogP contribution in [0.3, 0.4) is 0 Å². The van der Waals surface area contributed by atoms with Gasteiger partial charge in [0.25, 0.3) is 0 Å². The van der Waals surface area contributed by atoms with Crippen LogP contribution in [0, 0.1) is 13.8 Å². The number of aryl methyl sites for hydroxylation is 1. The number of piperazine rings is 1. The van der Waals surface area contributed by atoms with E-state index < -0.39 is 0 Å². The van der Waals surface area contributed by atoms with Gasteiger partial charge in [-0.05, 0) is 38.0 Å². The lowest BCUT2D eigenvalue weighted by molar-refractivity contribution is -0.122. The minimum Gasteiger partial charge on any atom is -0.369 e. The number of benzene rings is 1. The van der Waals surface area contributed by atoms with Crippen molar-refractivity contribution in [2.24, 2.45) is 0 Å². The Kier molecular flexibility index (Phi) is 5.01. The van der Waals surface area contributed by atoms with E-state index in [1.165, 1.54) is 16.8 Å². The highest BCUT2D eigenvalue weighted by atomic mass is 16.2. The highest BCUT2D eigenvalue weighted by Crippen LogP contribution is 2.23. The predicted molar refractivity (Wildman–Crippen MR) is 83.3 cm³/mol. The summed E-state index contributed by atoms with van der Waals surface area (Å²) in [6.45, 7) is 11.4. The van der Waals surface area contributed by atoms with E-state index in [9.17, 15) is 4.79 Å². The minimum absolute atomic E-state index is 0.132. The van der Waals surface area contributed by atoms with Crippen LogP contribution in [0.4, 0.5) is 5.69 Å². The molecule has 1 heterocycles. The van der Waals surface area contributed by atoms with Crippen LogP contribution in [0.1, 0.15) is 18.1 Å². The summed E-state index contributed by atoms with van der Waals surface area (Å²) in [6.07, 6.45) is 0. The summed E-state index contributed by atoms with van der Waals surface area (Å²) in [7, 11) is 0. The van der Waals surface area contributed by atoms with Crippen molar-refractivity contribution in [1.82, 2.24) is 10.2 Å². The molecule has 20 heavy (non-hydrogen) atoms. The summed E-state index contributed by atoms with van der Waals surface area (Å²) in [4.78, 5) is 16.3. The molecule has 0 atom stereocenters. The van der Waals surface area contributed by atoms with Crippen molar-refractivity contribution in [2.75, 3.05) is 44.2 Å². The van der Waals surface area contributed by atoms with E-state index in [0.717, 1.165) is 26.2 Å². The predicted octanol–water partition coefficient (Wildman–Crippen LogP) is 1.56. The normalized spacial score (nSPS) is 16.2. The zero-order valence-electron chi connectivity index (χ0n) is 12.8. The second-order valence-electron chi connectivity index (χ2n) is 5.44. The fraction of sp³-hybridized carbons (Fsp3) is 0.562. The highest BCUT2D eigenvalue weighted by Gasteiger charge is 2.20. The molecule has 1 aliphatic rings. The fourth-order valence-corrected chi connectivity index (χ4v) is 2.68. The number of anilines is 1. The Labute approximate surface area is 121 Å². The number of hydrogen-bond acceptors (Lipinski definition) is 3. The van der Waals surface area contributed by atoms with Crippen molar-refractivity contribution < 1.29 is 4.79 Å². The van der Waals surface area contributed by atoms with Crippen LogP contribution in [0.25, 0.3) is 0 Å². The van der Waals surface area contributed by atoms with Crippen LogP contribution in [-0.2, 0) is 4.79 Å². The molecule has 0 unspecified atom stereocenters. The Balaban J connectivity index is 1.91. The van der Waals surface area contributed by atoms with Crippen LogP contribution >= 0.6 is 0 Å². The Morgan fingerprint density at radius 2 is 1.90 bits per heavy atom. The molecule has 1 aromatic carbocycles. The second-order valence-corrected chi connectivity index (χ2v) is 5.44. The standard InChI is InChI=1S/C16H25N3O/c1-4-17-16(20)12-18-8-10-19(11-9-18)15-7-5-6-13(2)14(15)3/h5-7H,4,8-12H2,1-3H3,(H,17,20). The second kappa shape index (κ2) is 6.75. The molecule has 1 fully saturated rings. The maximum absolute atomic E-state index is 11.6. The lowest BCUT2D eigenvalue weighted by atomic mass is 10.1. The molecular formula is C16H25N3O. The van der Waals surface area contributed by atoms with Gasteiger partial charge in [-0.2, -0.15) is 0 Å². The summed E-state index contributed by atoms with van der Waals surface area (Å²) >= 11 is 0. The van der Waals surface area contributed by atoms with E-state index in [1.54, 1.807) is 0 Å². The van der Waals surface area contributed by atoms with Crippen LogP contribution in [-0.4, -0.2) is 50.1 Å². The molecule has 1 N–H and O–H groups in total. The van der Waals surface area contributed by atoms with Crippen molar-refractivity contribution in [3.05, 3.63) is 29.3 Å². The number of amides is 1. The molecule has 0 spiro atoms. The van der Waals surface area contributed by atoms with Crippen molar-refractivity contribution in [2.45, 2.75) is 20.8 Å². The Bertz CT molecular complexity index is 465. The largest absolute Gasteiger partial charge is 0.369 e. The first-order valence-electron chi connectivity index (χ1n) is 7.42. The van der Waals surface area contributed by atoms with E-state index in [1.807, 2.05) is 6.92 Å². The van der Waals surface area contributed by atoms with Gasteiger partial charge in [0.1, 0.15) is 0 Å². The van der Waals surface area contributed by atoms with E-state index in [-0.39, 0.29) is 5.91 Å². The van der Waals surface area contributed by atoms with Gasteiger partial charge in [0, 0.05) is 38.4 Å². The van der Waals surface area contributed by atoms with Crippen LogP contribution < -0.4 is 10.2 Å². The molecule has 0 aromatic heterocycles. The average Bonchev–Trinajstić information content (AvgIpc) is 2.43. The highest BCUT2D eigenvalue weighted by molar-refractivity contribution is 5.78. The maximum Gasteiger partial charge on any atom is 0.234 e. The number of hydrogen-bond donors (Lipinski definition) is 1. The molecule has 1 aliphatic heterocycles. The Morgan fingerprint density at radius 3 is 2.55 bits per heavy atom. The van der Waals surface area contributed by atoms with Gasteiger partial charge in [0.05, 0.1) is 6.54 Å². The molecule has 0 saturated carbocycles. The lowest BCUT2D eigenvalue weighted by Crippen LogP contribution is -2.49. The van der Waals surface area contributed by atoms with Gasteiger partial charge < -0.3 is 10.2 Å². The first-order valence-corrected chi connectivity index (χ1v) is 7.42. The summed E-state index contributed by atoms with van der Waals surface area (Å²) in [5.41, 5.74) is 4.04. The molecule has 4 heteroatoms. The first kappa shape index (κ1) is 14.9. The lowest BCUT2D eigenvalue weighted by Gasteiger charge is -2.36. The zero-order valence-corrected chi connectivity index (χ0v) is 12.8. The van der Waals surface area contributed by atoms with Gasteiger partial charge >= 0.3 is 0 Å². The van der Waals surface area contributed by atoms with Crippen molar-refractivity contribution >= 4 is 11.6 Å². The maximum atomic E-state index is 11.6. The number of likely N-dealkylation sites (N-methyl/N-ethyl adjacent to an activating group) is 1. The van der Waals surface area contributed by atoms with Gasteiger partial charge in [-0.25, -0.2) is 0 Å². The van der Waals surface area contributed by atoms with Gasteiger partial charge in [0.2, 0.25) is 5.91 Å². The van der Waals surface area contributed by atoms with Gasteiger partial charge in [-0.15, -0.1) is 0 Å². The average molecular weight is 275 g/mol.